The van der Waals surface area contributed by atoms with Crippen LogP contribution in [0.4, 0.5) is 0 Å². The summed E-state index contributed by atoms with van der Waals surface area (Å²) in [6.07, 6.45) is 4.32. The molecule has 2 aromatic carbocycles. The van der Waals surface area contributed by atoms with Crippen molar-refractivity contribution >= 4 is 23.0 Å². The van der Waals surface area contributed by atoms with E-state index in [9.17, 15) is 4.79 Å². The van der Waals surface area contributed by atoms with Gasteiger partial charge < -0.3 is 0 Å². The highest BCUT2D eigenvalue weighted by atomic mass is 16.2. The van der Waals surface area contributed by atoms with Crippen molar-refractivity contribution in [2.24, 2.45) is 11.0 Å². The van der Waals surface area contributed by atoms with Crippen molar-refractivity contribution in [1.29, 1.82) is 0 Å². The van der Waals surface area contributed by atoms with Gasteiger partial charge in [-0.3, -0.25) is 9.78 Å². The van der Waals surface area contributed by atoms with E-state index in [2.05, 4.69) is 27.6 Å². The van der Waals surface area contributed by atoms with Gasteiger partial charge in [0.15, 0.2) is 0 Å². The third-order valence-electron chi connectivity index (χ3n) is 4.42. The van der Waals surface area contributed by atoms with Crippen molar-refractivity contribution in [2.45, 2.75) is 12.3 Å². The lowest BCUT2D eigenvalue weighted by molar-refractivity contribution is -0.122. The number of carbonyl (C=O) groups is 1. The molecule has 4 nitrogen and oxygen atoms in total. The monoisotopic (exact) mass is 315 g/mol. The molecule has 0 saturated heterocycles. The number of hydrazone groups is 1. The van der Waals surface area contributed by atoms with Crippen LogP contribution < -0.4 is 5.43 Å². The number of hydrogen-bond donors (Lipinski definition) is 1. The Hall–Kier alpha value is -3.01. The van der Waals surface area contributed by atoms with Crippen molar-refractivity contribution in [3.05, 3.63) is 78.0 Å². The molecular formula is C20H17N3O. The number of para-hydroxylation sites is 1. The Bertz CT molecular complexity index is 900. The van der Waals surface area contributed by atoms with Crippen LogP contribution in [0.2, 0.25) is 0 Å². The first-order chi connectivity index (χ1) is 11.8. The number of nitrogens with one attached hydrogen (secondary N) is 1. The van der Waals surface area contributed by atoms with E-state index in [1.165, 1.54) is 5.56 Å². The largest absolute Gasteiger partial charge is 0.273 e. The molecule has 1 aliphatic rings. The fraction of sp³-hybridized carbons (Fsp3) is 0.150. The lowest BCUT2D eigenvalue weighted by atomic mass is 10.1. The normalized spacial score (nSPS) is 19.5. The highest BCUT2D eigenvalue weighted by Gasteiger charge is 2.43. The van der Waals surface area contributed by atoms with E-state index < -0.39 is 0 Å². The average Bonchev–Trinajstić information content (AvgIpc) is 3.43. The van der Waals surface area contributed by atoms with Gasteiger partial charge in [0.1, 0.15) is 0 Å². The quantitative estimate of drug-likeness (QED) is 0.592. The number of fused-ring (bicyclic) bond motifs is 1. The molecule has 4 heteroatoms. The van der Waals surface area contributed by atoms with E-state index in [4.69, 9.17) is 0 Å². The minimum absolute atomic E-state index is 0.0153. The van der Waals surface area contributed by atoms with E-state index in [1.807, 2.05) is 48.5 Å². The summed E-state index contributed by atoms with van der Waals surface area (Å²) in [6, 6.07) is 19.9. The zero-order valence-electron chi connectivity index (χ0n) is 13.1. The Morgan fingerprint density at radius 1 is 1.08 bits per heavy atom. The maximum Gasteiger partial charge on any atom is 0.243 e. The van der Waals surface area contributed by atoms with Crippen LogP contribution in [0.25, 0.3) is 10.9 Å². The Balaban J connectivity index is 1.42. The second kappa shape index (κ2) is 6.24. The Kier molecular flexibility index (Phi) is 3.79. The maximum atomic E-state index is 12.2. The minimum Gasteiger partial charge on any atom is -0.273 e. The second-order valence-corrected chi connectivity index (χ2v) is 6.01. The Morgan fingerprint density at radius 2 is 1.88 bits per heavy atom. The summed E-state index contributed by atoms with van der Waals surface area (Å²) in [4.78, 5) is 16.5. The molecule has 1 aromatic heterocycles. The van der Waals surface area contributed by atoms with Gasteiger partial charge in [0.2, 0.25) is 5.91 Å². The molecule has 3 aromatic rings. The van der Waals surface area contributed by atoms with Crippen LogP contribution in [0.15, 0.2) is 72.0 Å². The lowest BCUT2D eigenvalue weighted by Gasteiger charge is -2.02. The summed E-state index contributed by atoms with van der Waals surface area (Å²) in [5.74, 6) is 0.334. The predicted octanol–water partition coefficient (Wildman–Crippen LogP) is 3.49. The van der Waals surface area contributed by atoms with Crippen LogP contribution in [-0.2, 0) is 4.79 Å². The molecule has 4 rings (SSSR count). The predicted molar refractivity (Wildman–Crippen MR) is 94.8 cm³/mol. The summed E-state index contributed by atoms with van der Waals surface area (Å²) in [5.41, 5.74) is 5.75. The summed E-state index contributed by atoms with van der Waals surface area (Å²) < 4.78 is 0. The van der Waals surface area contributed by atoms with Crippen molar-refractivity contribution < 1.29 is 4.79 Å². The highest BCUT2D eigenvalue weighted by molar-refractivity contribution is 5.98. The molecule has 1 aliphatic carbocycles. The SMILES string of the molecule is O=C(N/N=C/c1ccnc2ccccc12)[C@@H]1C[C@H]1c1ccccc1. The van der Waals surface area contributed by atoms with Gasteiger partial charge in [-0.25, -0.2) is 5.43 Å². The maximum absolute atomic E-state index is 12.2. The fourth-order valence-electron chi connectivity index (χ4n) is 3.03. The van der Waals surface area contributed by atoms with Gasteiger partial charge >= 0.3 is 0 Å². The third-order valence-corrected chi connectivity index (χ3v) is 4.42. The Morgan fingerprint density at radius 3 is 2.75 bits per heavy atom. The fourth-order valence-corrected chi connectivity index (χ4v) is 3.03. The molecular weight excluding hydrogens is 298 g/mol. The minimum atomic E-state index is -0.0153. The van der Waals surface area contributed by atoms with E-state index >= 15 is 0 Å². The van der Waals surface area contributed by atoms with E-state index in [-0.39, 0.29) is 11.8 Å². The van der Waals surface area contributed by atoms with Crippen molar-refractivity contribution in [3.63, 3.8) is 0 Å². The molecule has 1 saturated carbocycles. The van der Waals surface area contributed by atoms with Crippen LogP contribution in [-0.4, -0.2) is 17.1 Å². The molecule has 1 N–H and O–H groups in total. The number of hydrogen-bond acceptors (Lipinski definition) is 3. The smallest absolute Gasteiger partial charge is 0.243 e. The summed E-state index contributed by atoms with van der Waals surface area (Å²) in [6.45, 7) is 0. The van der Waals surface area contributed by atoms with Crippen LogP contribution in [0, 0.1) is 5.92 Å². The first kappa shape index (κ1) is 14.6. The molecule has 118 valence electrons. The summed E-state index contributed by atoms with van der Waals surface area (Å²) >= 11 is 0. The van der Waals surface area contributed by atoms with Crippen molar-refractivity contribution in [3.8, 4) is 0 Å². The molecule has 0 unspecified atom stereocenters. The van der Waals surface area contributed by atoms with E-state index in [1.54, 1.807) is 12.4 Å². The standard InChI is InChI=1S/C20H17N3O/c24-20(18-12-17(18)14-6-2-1-3-7-14)23-22-13-15-10-11-21-19-9-5-4-8-16(15)19/h1-11,13,17-18H,12H2,(H,23,24)/b22-13+/t17-,18+/m0/s1. The number of carbonyl (C=O) groups excluding carboxylic acids is 1. The van der Waals surface area contributed by atoms with Crippen LogP contribution >= 0.6 is 0 Å². The number of nitrogens with zero attached hydrogens (tertiary/aromatic N) is 2. The van der Waals surface area contributed by atoms with Crippen molar-refractivity contribution in [2.75, 3.05) is 0 Å². The third kappa shape index (κ3) is 2.91. The molecule has 1 fully saturated rings. The number of rotatable bonds is 4. The van der Waals surface area contributed by atoms with E-state index in [0.717, 1.165) is 22.9 Å². The molecule has 2 atom stereocenters. The van der Waals surface area contributed by atoms with Gasteiger partial charge in [0.25, 0.3) is 0 Å². The zero-order chi connectivity index (χ0) is 16.4. The topological polar surface area (TPSA) is 54.4 Å². The average molecular weight is 315 g/mol. The second-order valence-electron chi connectivity index (χ2n) is 6.01. The number of pyridine rings is 1. The van der Waals surface area contributed by atoms with Gasteiger partial charge in [-0.1, -0.05) is 48.5 Å². The molecule has 0 bridgehead atoms. The highest BCUT2D eigenvalue weighted by Crippen LogP contribution is 2.47. The van der Waals surface area contributed by atoms with Crippen LogP contribution in [0.3, 0.4) is 0 Å². The molecule has 0 radical (unpaired) electrons. The van der Waals surface area contributed by atoms with Gasteiger partial charge in [0.05, 0.1) is 11.7 Å². The van der Waals surface area contributed by atoms with Crippen LogP contribution in [0.1, 0.15) is 23.5 Å². The number of aromatic nitrogens is 1. The zero-order valence-corrected chi connectivity index (χ0v) is 13.1. The number of benzene rings is 2. The first-order valence-electron chi connectivity index (χ1n) is 8.04. The van der Waals surface area contributed by atoms with Gasteiger partial charge in [-0.15, -0.1) is 0 Å². The van der Waals surface area contributed by atoms with Gasteiger partial charge in [-0.2, -0.15) is 5.10 Å². The summed E-state index contributed by atoms with van der Waals surface area (Å²) in [7, 11) is 0. The molecule has 0 spiro atoms. The van der Waals surface area contributed by atoms with Gasteiger partial charge in [-0.05, 0) is 30.0 Å². The molecule has 24 heavy (non-hydrogen) atoms. The Labute approximate surface area is 140 Å². The van der Waals surface area contributed by atoms with Crippen LogP contribution in [0.5, 0.6) is 0 Å². The summed E-state index contributed by atoms with van der Waals surface area (Å²) in [5, 5.41) is 5.15. The molecule has 1 amide bonds. The molecule has 0 aliphatic heterocycles. The van der Waals surface area contributed by atoms with Gasteiger partial charge in [0, 0.05) is 23.1 Å². The molecule has 1 heterocycles. The number of amides is 1. The lowest BCUT2D eigenvalue weighted by Crippen LogP contribution is -2.20. The van der Waals surface area contributed by atoms with Crippen molar-refractivity contribution in [1.82, 2.24) is 10.4 Å². The first-order valence-corrected chi connectivity index (χ1v) is 8.04. The van der Waals surface area contributed by atoms with E-state index in [0.29, 0.717) is 5.92 Å².